The highest BCUT2D eigenvalue weighted by Gasteiger charge is 2.35. The van der Waals surface area contributed by atoms with Crippen LogP contribution in [-0.4, -0.2) is 28.5 Å². The van der Waals surface area contributed by atoms with E-state index in [-0.39, 0.29) is 11.6 Å². The summed E-state index contributed by atoms with van der Waals surface area (Å²) in [5.74, 6) is -0.715. The molecule has 0 bridgehead atoms. The van der Waals surface area contributed by atoms with Gasteiger partial charge in [-0.3, -0.25) is 4.79 Å². The number of hydrogen-bond acceptors (Lipinski definition) is 1. The van der Waals surface area contributed by atoms with Crippen LogP contribution in [0, 0.1) is 12.7 Å². The van der Waals surface area contributed by atoms with Crippen molar-refractivity contribution >= 4 is 5.91 Å². The zero-order valence-corrected chi connectivity index (χ0v) is 16.9. The van der Waals surface area contributed by atoms with Crippen LogP contribution in [0.4, 0.5) is 17.6 Å². The van der Waals surface area contributed by atoms with Gasteiger partial charge in [-0.2, -0.15) is 13.2 Å². The smallest absolute Gasteiger partial charge is 0.339 e. The van der Waals surface area contributed by atoms with Gasteiger partial charge in [0.1, 0.15) is 5.82 Å². The molecule has 3 aromatic rings. The van der Waals surface area contributed by atoms with Gasteiger partial charge < -0.3 is 9.47 Å². The first-order valence-electron chi connectivity index (χ1n) is 9.63. The molecular weight excluding hydrogens is 396 g/mol. The lowest BCUT2D eigenvalue weighted by molar-refractivity contribution is -0.137. The van der Waals surface area contributed by atoms with Gasteiger partial charge in [0.2, 0.25) is 0 Å². The monoisotopic (exact) mass is 418 g/mol. The molecule has 0 N–H and O–H groups in total. The molecule has 30 heavy (non-hydrogen) atoms. The SMILES string of the molecule is CCN(CC)C(=O)c1cc(-c2ccc(F)cc2)n(-c2ccccc2C(F)(F)F)c1C. The first kappa shape index (κ1) is 21.6. The fourth-order valence-electron chi connectivity index (χ4n) is 3.56. The van der Waals surface area contributed by atoms with Crippen LogP contribution in [-0.2, 0) is 6.18 Å². The standard InChI is InChI=1S/C23H22F4N2O/c1-4-28(5-2)22(30)18-14-21(16-10-12-17(24)13-11-16)29(15(18)3)20-9-7-6-8-19(20)23(25,26)27/h6-14H,4-5H2,1-3H3. The number of amides is 1. The van der Waals surface area contributed by atoms with Gasteiger partial charge in [-0.05, 0) is 68.8 Å². The molecule has 0 unspecified atom stereocenters. The molecule has 0 saturated carbocycles. The number of rotatable bonds is 5. The highest BCUT2D eigenvalue weighted by molar-refractivity contribution is 5.97. The second-order valence-corrected chi connectivity index (χ2v) is 6.86. The Labute approximate surface area is 172 Å². The Kier molecular flexibility index (Phi) is 6.01. The Morgan fingerprint density at radius 1 is 1.00 bits per heavy atom. The predicted octanol–water partition coefficient (Wildman–Crippen LogP) is 6.09. The number of para-hydroxylation sites is 1. The number of aromatic nitrogens is 1. The molecule has 3 rings (SSSR count). The molecule has 1 amide bonds. The molecule has 2 aromatic carbocycles. The summed E-state index contributed by atoms with van der Waals surface area (Å²) in [6.45, 7) is 6.26. The molecule has 1 aromatic heterocycles. The van der Waals surface area contributed by atoms with Crippen molar-refractivity contribution in [3.05, 3.63) is 77.2 Å². The summed E-state index contributed by atoms with van der Waals surface area (Å²) in [5, 5.41) is 0. The summed E-state index contributed by atoms with van der Waals surface area (Å²) in [6, 6.07) is 12.3. The lowest BCUT2D eigenvalue weighted by Gasteiger charge is -2.20. The highest BCUT2D eigenvalue weighted by Crippen LogP contribution is 2.38. The fraction of sp³-hybridized carbons (Fsp3) is 0.261. The number of hydrogen-bond donors (Lipinski definition) is 0. The van der Waals surface area contributed by atoms with Crippen LogP contribution in [0.5, 0.6) is 0 Å². The minimum Gasteiger partial charge on any atom is -0.339 e. The Bertz CT molecular complexity index is 1050. The van der Waals surface area contributed by atoms with Crippen molar-refractivity contribution in [3.63, 3.8) is 0 Å². The summed E-state index contributed by atoms with van der Waals surface area (Å²) >= 11 is 0. The molecule has 7 heteroatoms. The Balaban J connectivity index is 2.32. The van der Waals surface area contributed by atoms with Crippen LogP contribution in [0.3, 0.4) is 0 Å². The van der Waals surface area contributed by atoms with Crippen LogP contribution in [0.1, 0.15) is 35.5 Å². The molecule has 0 spiro atoms. The molecule has 0 aliphatic heterocycles. The maximum absolute atomic E-state index is 13.7. The van der Waals surface area contributed by atoms with E-state index in [1.165, 1.54) is 47.0 Å². The van der Waals surface area contributed by atoms with Crippen molar-refractivity contribution < 1.29 is 22.4 Å². The number of benzene rings is 2. The number of carbonyl (C=O) groups is 1. The maximum Gasteiger partial charge on any atom is 0.418 e. The highest BCUT2D eigenvalue weighted by atomic mass is 19.4. The zero-order chi connectivity index (χ0) is 22.1. The minimum absolute atomic E-state index is 0.0829. The van der Waals surface area contributed by atoms with E-state index >= 15 is 0 Å². The third-order valence-electron chi connectivity index (χ3n) is 5.12. The van der Waals surface area contributed by atoms with Crippen molar-refractivity contribution in [2.24, 2.45) is 0 Å². The van der Waals surface area contributed by atoms with E-state index in [0.717, 1.165) is 6.07 Å². The third kappa shape index (κ3) is 3.97. The third-order valence-corrected chi connectivity index (χ3v) is 5.12. The van der Waals surface area contributed by atoms with Gasteiger partial charge in [0.05, 0.1) is 22.5 Å². The van der Waals surface area contributed by atoms with Gasteiger partial charge >= 0.3 is 6.18 Å². The Morgan fingerprint density at radius 2 is 1.60 bits per heavy atom. The number of alkyl halides is 3. The van der Waals surface area contributed by atoms with Gasteiger partial charge in [-0.25, -0.2) is 4.39 Å². The van der Waals surface area contributed by atoms with Crippen LogP contribution in [0.15, 0.2) is 54.6 Å². The van der Waals surface area contributed by atoms with E-state index < -0.39 is 17.6 Å². The van der Waals surface area contributed by atoms with Crippen molar-refractivity contribution in [3.8, 4) is 16.9 Å². The Morgan fingerprint density at radius 3 is 2.17 bits per heavy atom. The molecule has 0 fully saturated rings. The second-order valence-electron chi connectivity index (χ2n) is 6.86. The molecule has 1 heterocycles. The van der Waals surface area contributed by atoms with E-state index in [9.17, 15) is 22.4 Å². The van der Waals surface area contributed by atoms with E-state index in [2.05, 4.69) is 0 Å². The predicted molar refractivity (Wildman–Crippen MR) is 108 cm³/mol. The van der Waals surface area contributed by atoms with E-state index in [0.29, 0.717) is 35.6 Å². The molecule has 0 radical (unpaired) electrons. The average Bonchev–Trinajstić information content (AvgIpc) is 3.05. The summed E-state index contributed by atoms with van der Waals surface area (Å²) in [4.78, 5) is 14.6. The van der Waals surface area contributed by atoms with E-state index in [1.807, 2.05) is 13.8 Å². The minimum atomic E-state index is -4.57. The number of carbonyl (C=O) groups excluding carboxylic acids is 1. The van der Waals surface area contributed by atoms with E-state index in [4.69, 9.17) is 0 Å². The maximum atomic E-state index is 13.7. The van der Waals surface area contributed by atoms with Crippen LogP contribution >= 0.6 is 0 Å². The molecule has 0 aliphatic rings. The fourth-order valence-corrected chi connectivity index (χ4v) is 3.56. The normalized spacial score (nSPS) is 11.6. The largest absolute Gasteiger partial charge is 0.418 e. The quantitative estimate of drug-likeness (QED) is 0.460. The molecule has 0 aliphatic carbocycles. The van der Waals surface area contributed by atoms with Crippen molar-refractivity contribution in [2.45, 2.75) is 26.9 Å². The van der Waals surface area contributed by atoms with Crippen molar-refractivity contribution in [2.75, 3.05) is 13.1 Å². The van der Waals surface area contributed by atoms with Crippen LogP contribution in [0.2, 0.25) is 0 Å². The molecular formula is C23H22F4N2O. The van der Waals surface area contributed by atoms with Crippen molar-refractivity contribution in [1.82, 2.24) is 9.47 Å². The molecule has 3 nitrogen and oxygen atoms in total. The lowest BCUT2D eigenvalue weighted by Crippen LogP contribution is -2.30. The summed E-state index contributed by atoms with van der Waals surface area (Å²) in [6.07, 6.45) is -4.57. The van der Waals surface area contributed by atoms with Gasteiger partial charge in [-0.1, -0.05) is 12.1 Å². The summed E-state index contributed by atoms with van der Waals surface area (Å²) in [5.41, 5.74) is 0.710. The van der Waals surface area contributed by atoms with Crippen LogP contribution < -0.4 is 0 Å². The summed E-state index contributed by atoms with van der Waals surface area (Å²) in [7, 11) is 0. The van der Waals surface area contributed by atoms with E-state index in [1.54, 1.807) is 17.9 Å². The number of halogens is 4. The van der Waals surface area contributed by atoms with Crippen molar-refractivity contribution in [1.29, 1.82) is 0 Å². The van der Waals surface area contributed by atoms with Gasteiger partial charge in [0.25, 0.3) is 5.91 Å². The molecule has 158 valence electrons. The number of nitrogens with zero attached hydrogens (tertiary/aromatic N) is 2. The summed E-state index contributed by atoms with van der Waals surface area (Å²) < 4.78 is 56.0. The van der Waals surface area contributed by atoms with Gasteiger partial charge in [0.15, 0.2) is 0 Å². The molecule has 0 atom stereocenters. The lowest BCUT2D eigenvalue weighted by atomic mass is 10.1. The topological polar surface area (TPSA) is 25.2 Å². The van der Waals surface area contributed by atoms with Gasteiger partial charge in [0, 0.05) is 18.8 Å². The van der Waals surface area contributed by atoms with Crippen LogP contribution in [0.25, 0.3) is 16.9 Å². The second kappa shape index (κ2) is 8.34. The first-order chi connectivity index (χ1) is 14.2. The average molecular weight is 418 g/mol. The van der Waals surface area contributed by atoms with Gasteiger partial charge in [-0.15, -0.1) is 0 Å². The first-order valence-corrected chi connectivity index (χ1v) is 9.63. The Hall–Kier alpha value is -3.09. The molecule has 0 saturated heterocycles. The zero-order valence-electron chi connectivity index (χ0n) is 16.9.